The molecule has 10 heteroatoms. The van der Waals surface area contributed by atoms with E-state index in [1.165, 1.54) is 27.9 Å². The van der Waals surface area contributed by atoms with Crippen LogP contribution < -0.4 is 11.2 Å². The Morgan fingerprint density at radius 3 is 2.96 bits per heavy atom. The number of H-pyrrole nitrogens is 1. The van der Waals surface area contributed by atoms with Crippen LogP contribution in [0.25, 0.3) is 6.08 Å². The molecule has 0 amide bonds. The highest BCUT2D eigenvalue weighted by molar-refractivity contribution is 9.11. The van der Waals surface area contributed by atoms with Crippen molar-refractivity contribution in [3.05, 3.63) is 50.2 Å². The fourth-order valence-electron chi connectivity index (χ4n) is 2.26. The van der Waals surface area contributed by atoms with Crippen LogP contribution >= 0.6 is 15.9 Å². The van der Waals surface area contributed by atoms with E-state index >= 15 is 0 Å². The maximum atomic E-state index is 12.0. The Kier molecular flexibility index (Phi) is 6.73. The van der Waals surface area contributed by atoms with E-state index in [-0.39, 0.29) is 25.2 Å². The molecular weight excluding hydrogens is 400 g/mol. The Bertz CT molecular complexity index is 770. The smallest absolute Gasteiger partial charge is 0.431 e. The summed E-state index contributed by atoms with van der Waals surface area (Å²) in [5.41, 5.74) is -0.969. The molecule has 1 unspecified atom stereocenters. The summed E-state index contributed by atoms with van der Waals surface area (Å²) in [6.07, 6.45) is 0.791. The minimum absolute atomic E-state index is 0.00613. The lowest BCUT2D eigenvalue weighted by Gasteiger charge is -2.16. The predicted octanol–water partition coefficient (Wildman–Crippen LogP) is 0.890. The highest BCUT2D eigenvalue weighted by atomic mass is 79.9. The van der Waals surface area contributed by atoms with Crippen molar-refractivity contribution in [1.29, 1.82) is 0 Å². The molecule has 0 bridgehead atoms. The van der Waals surface area contributed by atoms with Gasteiger partial charge in [0.25, 0.3) is 5.56 Å². The highest BCUT2D eigenvalue weighted by Gasteiger charge is 2.36. The number of hydrogen-bond donors (Lipinski definition) is 2. The first kappa shape index (κ1) is 19.2. The third kappa shape index (κ3) is 4.91. The second-order valence-corrected chi connectivity index (χ2v) is 5.67. The number of aliphatic hydroxyl groups is 1. The first-order valence-electron chi connectivity index (χ1n) is 7.32. The number of carbonyl (C=O) groups is 1. The van der Waals surface area contributed by atoms with Gasteiger partial charge in [0.15, 0.2) is 0 Å². The molecule has 2 rings (SSSR count). The van der Waals surface area contributed by atoms with Crippen LogP contribution in [0.5, 0.6) is 0 Å². The number of carbonyl (C=O) groups excluding carboxylic acids is 1. The Morgan fingerprint density at radius 2 is 2.28 bits per heavy atom. The van der Waals surface area contributed by atoms with Crippen molar-refractivity contribution in [2.75, 3.05) is 13.2 Å². The molecule has 0 spiro atoms. The van der Waals surface area contributed by atoms with E-state index in [0.29, 0.717) is 0 Å². The molecule has 0 aliphatic carbocycles. The van der Waals surface area contributed by atoms with E-state index in [9.17, 15) is 19.5 Å². The van der Waals surface area contributed by atoms with E-state index < -0.39 is 35.8 Å². The first-order valence-corrected chi connectivity index (χ1v) is 8.24. The van der Waals surface area contributed by atoms with Crippen molar-refractivity contribution in [2.24, 2.45) is 0 Å². The minimum atomic E-state index is -0.953. The Morgan fingerprint density at radius 1 is 1.52 bits per heavy atom. The van der Waals surface area contributed by atoms with Crippen LogP contribution in [0.1, 0.15) is 18.2 Å². The number of aliphatic hydroxyl groups excluding tert-OH is 1. The van der Waals surface area contributed by atoms with E-state index in [0.717, 1.165) is 0 Å². The van der Waals surface area contributed by atoms with Gasteiger partial charge in [0.1, 0.15) is 25.5 Å². The lowest BCUT2D eigenvalue weighted by molar-refractivity contribution is -0.0578. The van der Waals surface area contributed by atoms with Gasteiger partial charge in [-0.15, -0.1) is 0 Å². The summed E-state index contributed by atoms with van der Waals surface area (Å²) in [4.78, 5) is 38.6. The number of ether oxygens (including phenoxy) is 3. The average molecular weight is 417 g/mol. The first-order chi connectivity index (χ1) is 12.0. The molecule has 0 aromatic carbocycles. The van der Waals surface area contributed by atoms with Gasteiger partial charge in [-0.25, -0.2) is 9.59 Å². The lowest BCUT2D eigenvalue weighted by atomic mass is 10.2. The zero-order valence-corrected chi connectivity index (χ0v) is 14.7. The summed E-state index contributed by atoms with van der Waals surface area (Å²) >= 11 is 3.06. The SMILES string of the molecule is C=CCOC(=O)OC[C@@H]1O[C@H](n2cc(C=CBr)c(=O)[nH]c2=O)CC1O. The van der Waals surface area contributed by atoms with Gasteiger partial charge in [-0.05, 0) is 11.1 Å². The van der Waals surface area contributed by atoms with Crippen LogP contribution in [0.15, 0.2) is 33.4 Å². The van der Waals surface area contributed by atoms with Crippen LogP contribution in [-0.4, -0.2) is 46.2 Å². The van der Waals surface area contributed by atoms with E-state index in [1.807, 2.05) is 0 Å². The van der Waals surface area contributed by atoms with Gasteiger partial charge in [-0.3, -0.25) is 14.3 Å². The van der Waals surface area contributed by atoms with Crippen molar-refractivity contribution in [1.82, 2.24) is 9.55 Å². The van der Waals surface area contributed by atoms with Gasteiger partial charge >= 0.3 is 11.8 Å². The number of aromatic amines is 1. The molecule has 9 nitrogen and oxygen atoms in total. The fourth-order valence-corrected chi connectivity index (χ4v) is 2.54. The normalized spacial score (nSPS) is 22.9. The van der Waals surface area contributed by atoms with E-state index in [1.54, 1.807) is 0 Å². The van der Waals surface area contributed by atoms with Crippen molar-refractivity contribution in [3.8, 4) is 0 Å². The summed E-state index contributed by atoms with van der Waals surface area (Å²) in [6, 6.07) is 0. The fraction of sp³-hybridized carbons (Fsp3) is 0.400. The number of halogens is 1. The quantitative estimate of drug-likeness (QED) is 0.521. The van der Waals surface area contributed by atoms with Crippen LogP contribution in [0.3, 0.4) is 0 Å². The number of nitrogens with one attached hydrogen (secondary N) is 1. The Hall–Kier alpha value is -2.17. The summed E-state index contributed by atoms with van der Waals surface area (Å²) < 4.78 is 16.2. The second-order valence-electron chi connectivity index (χ2n) is 5.14. The zero-order valence-electron chi connectivity index (χ0n) is 13.1. The standard InChI is InChI=1S/C15H17BrN2O7/c1-2-5-23-15(22)24-8-11-10(19)6-12(25-11)18-7-9(3-4-16)13(20)17-14(18)21/h2-4,7,10-12,19H,1,5-6,8H2,(H,17,20,21)/t10?,11-,12-/m0/s1. The molecule has 2 heterocycles. The molecule has 1 fully saturated rings. The number of hydrogen-bond acceptors (Lipinski definition) is 7. The van der Waals surface area contributed by atoms with Gasteiger partial charge in [0.05, 0.1) is 11.7 Å². The maximum absolute atomic E-state index is 12.0. The summed E-state index contributed by atoms with van der Waals surface area (Å²) in [5, 5.41) is 10.0. The third-order valence-corrected chi connectivity index (χ3v) is 3.70. The van der Waals surface area contributed by atoms with Crippen molar-refractivity contribution in [3.63, 3.8) is 0 Å². The number of rotatable bonds is 6. The molecule has 2 N–H and O–H groups in total. The van der Waals surface area contributed by atoms with Gasteiger partial charge in [-0.2, -0.15) is 0 Å². The third-order valence-electron chi connectivity index (χ3n) is 3.44. The van der Waals surface area contributed by atoms with Crippen LogP contribution in [0.2, 0.25) is 0 Å². The Balaban J connectivity index is 2.07. The maximum Gasteiger partial charge on any atom is 0.508 e. The van der Waals surface area contributed by atoms with Crippen molar-refractivity contribution < 1.29 is 24.1 Å². The lowest BCUT2D eigenvalue weighted by Crippen LogP contribution is -2.33. The summed E-state index contributed by atoms with van der Waals surface area (Å²) in [7, 11) is 0. The molecule has 3 atom stereocenters. The monoisotopic (exact) mass is 416 g/mol. The van der Waals surface area contributed by atoms with Gasteiger partial charge in [0, 0.05) is 12.6 Å². The topological polar surface area (TPSA) is 120 Å². The van der Waals surface area contributed by atoms with Crippen LogP contribution in [0, 0.1) is 0 Å². The molecule has 1 aliphatic heterocycles. The van der Waals surface area contributed by atoms with Crippen LogP contribution in [0.4, 0.5) is 4.79 Å². The predicted molar refractivity (Wildman–Crippen MR) is 91.3 cm³/mol. The van der Waals surface area contributed by atoms with Gasteiger partial charge < -0.3 is 19.3 Å². The summed E-state index contributed by atoms with van der Waals surface area (Å²) in [6.45, 7) is 3.17. The Labute approximate surface area is 150 Å². The van der Waals surface area contributed by atoms with Gasteiger partial charge in [0.2, 0.25) is 0 Å². The minimum Gasteiger partial charge on any atom is -0.431 e. The molecule has 1 saturated heterocycles. The summed E-state index contributed by atoms with van der Waals surface area (Å²) in [5.74, 6) is 0. The molecule has 25 heavy (non-hydrogen) atoms. The molecule has 1 aromatic heterocycles. The largest absolute Gasteiger partial charge is 0.508 e. The molecule has 1 aliphatic rings. The van der Waals surface area contributed by atoms with Crippen molar-refractivity contribution in [2.45, 2.75) is 24.9 Å². The molecule has 0 radical (unpaired) electrons. The number of nitrogens with zero attached hydrogens (tertiary/aromatic N) is 1. The van der Waals surface area contributed by atoms with Crippen molar-refractivity contribution >= 4 is 28.2 Å². The number of aromatic nitrogens is 2. The zero-order chi connectivity index (χ0) is 18.4. The highest BCUT2D eigenvalue weighted by Crippen LogP contribution is 2.28. The second kappa shape index (κ2) is 8.79. The van der Waals surface area contributed by atoms with Gasteiger partial charge in [-0.1, -0.05) is 28.6 Å². The average Bonchev–Trinajstić information content (AvgIpc) is 2.94. The molecule has 1 aromatic rings. The molecule has 136 valence electrons. The van der Waals surface area contributed by atoms with E-state index in [2.05, 4.69) is 32.2 Å². The molecule has 0 saturated carbocycles. The molecular formula is C15H17BrN2O7. The van der Waals surface area contributed by atoms with E-state index in [4.69, 9.17) is 9.47 Å². The van der Waals surface area contributed by atoms with Crippen LogP contribution in [-0.2, 0) is 14.2 Å².